The molecule has 0 aliphatic carbocycles. The average Bonchev–Trinajstić information content (AvgIpc) is 2.81. The van der Waals surface area contributed by atoms with Gasteiger partial charge in [-0.05, 0) is 30.7 Å². The molecule has 0 fully saturated rings. The molecular weight excluding hydrogens is 244 g/mol. The molecule has 2 rings (SSSR count). The van der Waals surface area contributed by atoms with Gasteiger partial charge < -0.3 is 20.2 Å². The van der Waals surface area contributed by atoms with Crippen molar-refractivity contribution in [1.29, 1.82) is 0 Å². The van der Waals surface area contributed by atoms with Gasteiger partial charge in [-0.2, -0.15) is 0 Å². The standard InChI is InChI=1S/C14H18N2O3/c1-8(15)13(14(17)19-3)11-7-16-12-5-4-9(18-2)6-10(11)12/h4-8,13,16H,15H2,1-3H3/t8-,13+/m1/s1. The highest BCUT2D eigenvalue weighted by Crippen LogP contribution is 2.30. The first-order chi connectivity index (χ1) is 9.08. The van der Waals surface area contributed by atoms with Gasteiger partial charge in [-0.3, -0.25) is 4.79 Å². The van der Waals surface area contributed by atoms with E-state index < -0.39 is 5.92 Å². The van der Waals surface area contributed by atoms with Crippen LogP contribution in [0, 0.1) is 0 Å². The summed E-state index contributed by atoms with van der Waals surface area (Å²) in [5.74, 6) is -0.0915. The van der Waals surface area contributed by atoms with Crippen molar-refractivity contribution in [3.05, 3.63) is 30.0 Å². The second kappa shape index (κ2) is 5.32. The number of hydrogen-bond donors (Lipinski definition) is 2. The number of aromatic nitrogens is 1. The maximum Gasteiger partial charge on any atom is 0.314 e. The molecule has 0 saturated heterocycles. The maximum absolute atomic E-state index is 11.9. The summed E-state index contributed by atoms with van der Waals surface area (Å²) < 4.78 is 10.1. The summed E-state index contributed by atoms with van der Waals surface area (Å²) in [6.07, 6.45) is 1.80. The summed E-state index contributed by atoms with van der Waals surface area (Å²) in [6, 6.07) is 5.33. The fourth-order valence-electron chi connectivity index (χ4n) is 2.26. The first-order valence-electron chi connectivity index (χ1n) is 6.07. The minimum absolute atomic E-state index is 0.335. The lowest BCUT2D eigenvalue weighted by Crippen LogP contribution is -2.31. The third kappa shape index (κ3) is 2.42. The molecule has 0 saturated carbocycles. The quantitative estimate of drug-likeness (QED) is 0.823. The van der Waals surface area contributed by atoms with Crippen molar-refractivity contribution in [2.75, 3.05) is 14.2 Å². The van der Waals surface area contributed by atoms with Crippen molar-refractivity contribution in [1.82, 2.24) is 4.98 Å². The van der Waals surface area contributed by atoms with Crippen molar-refractivity contribution in [2.45, 2.75) is 18.9 Å². The molecule has 0 aliphatic heterocycles. The molecule has 2 atom stereocenters. The van der Waals surface area contributed by atoms with E-state index in [1.807, 2.05) is 18.2 Å². The molecule has 3 N–H and O–H groups in total. The molecule has 2 aromatic rings. The molecule has 0 radical (unpaired) electrons. The minimum Gasteiger partial charge on any atom is -0.497 e. The second-order valence-corrected chi connectivity index (χ2v) is 4.52. The van der Waals surface area contributed by atoms with Crippen molar-refractivity contribution < 1.29 is 14.3 Å². The van der Waals surface area contributed by atoms with Gasteiger partial charge in [0, 0.05) is 23.1 Å². The number of H-pyrrole nitrogens is 1. The van der Waals surface area contributed by atoms with Gasteiger partial charge in [-0.15, -0.1) is 0 Å². The van der Waals surface area contributed by atoms with E-state index in [4.69, 9.17) is 15.2 Å². The van der Waals surface area contributed by atoms with Crippen molar-refractivity contribution in [3.63, 3.8) is 0 Å². The first kappa shape index (κ1) is 13.4. The number of carbonyl (C=O) groups excluding carboxylic acids is 1. The number of aromatic amines is 1. The van der Waals surface area contributed by atoms with Crippen LogP contribution >= 0.6 is 0 Å². The molecular formula is C14H18N2O3. The normalized spacial score (nSPS) is 14.1. The lowest BCUT2D eigenvalue weighted by Gasteiger charge is -2.17. The summed E-state index contributed by atoms with van der Waals surface area (Å²) in [5.41, 5.74) is 7.68. The monoisotopic (exact) mass is 262 g/mol. The van der Waals surface area contributed by atoms with Gasteiger partial charge in [0.25, 0.3) is 0 Å². The summed E-state index contributed by atoms with van der Waals surface area (Å²) >= 11 is 0. The highest BCUT2D eigenvalue weighted by Gasteiger charge is 2.28. The van der Waals surface area contributed by atoms with Gasteiger partial charge in [-0.25, -0.2) is 0 Å². The van der Waals surface area contributed by atoms with Crippen LogP contribution < -0.4 is 10.5 Å². The number of hydrogen-bond acceptors (Lipinski definition) is 4. The molecule has 1 aromatic carbocycles. The Hall–Kier alpha value is -2.01. The zero-order valence-corrected chi connectivity index (χ0v) is 11.3. The topological polar surface area (TPSA) is 77.3 Å². The zero-order chi connectivity index (χ0) is 14.0. The van der Waals surface area contributed by atoms with E-state index in [0.717, 1.165) is 22.2 Å². The maximum atomic E-state index is 11.9. The van der Waals surface area contributed by atoms with Gasteiger partial charge in [-0.1, -0.05) is 0 Å². The number of ether oxygens (including phenoxy) is 2. The van der Waals surface area contributed by atoms with Crippen LogP contribution in [0.15, 0.2) is 24.4 Å². The summed E-state index contributed by atoms with van der Waals surface area (Å²) in [4.78, 5) is 15.0. The van der Waals surface area contributed by atoms with Crippen LogP contribution in [0.4, 0.5) is 0 Å². The predicted molar refractivity (Wildman–Crippen MR) is 73.3 cm³/mol. The molecule has 19 heavy (non-hydrogen) atoms. The number of carbonyl (C=O) groups is 1. The lowest BCUT2D eigenvalue weighted by molar-refractivity contribution is -0.142. The van der Waals surface area contributed by atoms with Crippen molar-refractivity contribution in [2.24, 2.45) is 5.73 Å². The Balaban J connectivity index is 2.56. The van der Waals surface area contributed by atoms with Gasteiger partial charge in [0.05, 0.1) is 20.1 Å². The second-order valence-electron chi connectivity index (χ2n) is 4.52. The van der Waals surface area contributed by atoms with Crippen molar-refractivity contribution in [3.8, 4) is 5.75 Å². The summed E-state index contributed by atoms with van der Waals surface area (Å²) in [6.45, 7) is 1.79. The number of benzene rings is 1. The van der Waals surface area contributed by atoms with E-state index in [-0.39, 0.29) is 12.0 Å². The number of nitrogens with two attached hydrogens (primary N) is 1. The Bertz CT molecular complexity index is 589. The molecule has 5 heteroatoms. The Kier molecular flexibility index (Phi) is 3.76. The fraction of sp³-hybridized carbons (Fsp3) is 0.357. The van der Waals surface area contributed by atoms with Gasteiger partial charge >= 0.3 is 5.97 Å². The van der Waals surface area contributed by atoms with E-state index in [1.54, 1.807) is 20.2 Å². The van der Waals surface area contributed by atoms with E-state index >= 15 is 0 Å². The minimum atomic E-state index is -0.495. The summed E-state index contributed by atoms with van der Waals surface area (Å²) in [5, 5.41) is 0.923. The molecule has 5 nitrogen and oxygen atoms in total. The Morgan fingerprint density at radius 2 is 2.11 bits per heavy atom. The van der Waals surface area contributed by atoms with Crippen LogP contribution in [0.25, 0.3) is 10.9 Å². The van der Waals surface area contributed by atoms with Gasteiger partial charge in [0.15, 0.2) is 0 Å². The van der Waals surface area contributed by atoms with E-state index in [0.29, 0.717) is 0 Å². The number of rotatable bonds is 4. The Morgan fingerprint density at radius 3 is 2.68 bits per heavy atom. The average molecular weight is 262 g/mol. The Morgan fingerprint density at radius 1 is 1.37 bits per heavy atom. The third-order valence-electron chi connectivity index (χ3n) is 3.24. The van der Waals surface area contributed by atoms with Crippen LogP contribution in [0.1, 0.15) is 18.4 Å². The van der Waals surface area contributed by atoms with Gasteiger partial charge in [0.2, 0.25) is 0 Å². The number of nitrogens with one attached hydrogen (secondary N) is 1. The van der Waals surface area contributed by atoms with Crippen LogP contribution in [0.2, 0.25) is 0 Å². The molecule has 0 unspecified atom stereocenters. The number of fused-ring (bicyclic) bond motifs is 1. The summed E-state index contributed by atoms with van der Waals surface area (Å²) in [7, 11) is 2.98. The molecule has 1 heterocycles. The smallest absolute Gasteiger partial charge is 0.314 e. The fourth-order valence-corrected chi connectivity index (χ4v) is 2.26. The molecule has 0 amide bonds. The van der Waals surface area contributed by atoms with E-state index in [9.17, 15) is 4.79 Å². The third-order valence-corrected chi connectivity index (χ3v) is 3.24. The molecule has 0 spiro atoms. The number of methoxy groups -OCH3 is 2. The van der Waals surface area contributed by atoms with Crippen molar-refractivity contribution >= 4 is 16.9 Å². The van der Waals surface area contributed by atoms with Crippen LogP contribution in [0.3, 0.4) is 0 Å². The van der Waals surface area contributed by atoms with Crippen LogP contribution in [0.5, 0.6) is 5.75 Å². The highest BCUT2D eigenvalue weighted by atomic mass is 16.5. The Labute approximate surface area is 111 Å². The molecule has 0 aliphatic rings. The zero-order valence-electron chi connectivity index (χ0n) is 11.3. The predicted octanol–water partition coefficient (Wildman–Crippen LogP) is 1.78. The molecule has 1 aromatic heterocycles. The largest absolute Gasteiger partial charge is 0.497 e. The van der Waals surface area contributed by atoms with Gasteiger partial charge in [0.1, 0.15) is 5.75 Å². The highest BCUT2D eigenvalue weighted by molar-refractivity contribution is 5.91. The molecule has 102 valence electrons. The van der Waals surface area contributed by atoms with E-state index in [2.05, 4.69) is 4.98 Å². The SMILES string of the molecule is COC(=O)[C@H](c1c[nH]c2ccc(OC)cc12)[C@@H](C)N. The van der Waals surface area contributed by atoms with Crippen LogP contribution in [-0.4, -0.2) is 31.2 Å². The lowest BCUT2D eigenvalue weighted by atomic mass is 9.92. The molecule has 0 bridgehead atoms. The van der Waals surface area contributed by atoms with Crippen LogP contribution in [-0.2, 0) is 9.53 Å². The number of esters is 1. The van der Waals surface area contributed by atoms with E-state index in [1.165, 1.54) is 7.11 Å². The first-order valence-corrected chi connectivity index (χ1v) is 6.07.